The van der Waals surface area contributed by atoms with Gasteiger partial charge < -0.3 is 0 Å². The second-order valence-corrected chi connectivity index (χ2v) is 5.31. The summed E-state index contributed by atoms with van der Waals surface area (Å²) >= 11 is 0. The molecular formula is C20H18N2. The maximum atomic E-state index is 4.86. The summed E-state index contributed by atoms with van der Waals surface area (Å²) in [6, 6.07) is 22.3. The molecule has 0 fully saturated rings. The van der Waals surface area contributed by atoms with Gasteiger partial charge in [-0.25, -0.2) is 4.99 Å². The van der Waals surface area contributed by atoms with Crippen molar-refractivity contribution in [1.29, 1.82) is 0 Å². The number of aromatic nitrogens is 1. The van der Waals surface area contributed by atoms with E-state index in [4.69, 9.17) is 4.99 Å². The molecule has 0 spiro atoms. The van der Waals surface area contributed by atoms with E-state index < -0.39 is 0 Å². The maximum Gasteiger partial charge on any atom is 0.0965 e. The minimum atomic E-state index is 0.881. The van der Waals surface area contributed by atoms with Crippen LogP contribution in [0.2, 0.25) is 0 Å². The molecule has 1 aromatic heterocycles. The van der Waals surface area contributed by atoms with Gasteiger partial charge in [-0.05, 0) is 49.2 Å². The lowest BCUT2D eigenvalue weighted by Gasteiger charge is -2.08. The third-order valence-corrected chi connectivity index (χ3v) is 3.69. The van der Waals surface area contributed by atoms with Crippen LogP contribution in [0, 0.1) is 13.8 Å². The van der Waals surface area contributed by atoms with E-state index in [0.717, 1.165) is 22.7 Å². The molecule has 0 atom stereocenters. The molecule has 0 bridgehead atoms. The van der Waals surface area contributed by atoms with Crippen LogP contribution in [-0.4, -0.2) is 10.7 Å². The fourth-order valence-corrected chi connectivity index (χ4v) is 2.29. The number of rotatable bonds is 3. The standard InChI is InChI=1S/C20H18N2/c1-15-11-12-18(14-16(15)2)22-20(17-8-4-3-5-9-17)19-10-6-7-13-21-19/h3-14H,1-2H3. The Bertz CT molecular complexity index is 749. The summed E-state index contributed by atoms with van der Waals surface area (Å²) in [6.45, 7) is 4.22. The van der Waals surface area contributed by atoms with Crippen molar-refractivity contribution in [3.8, 4) is 0 Å². The van der Waals surface area contributed by atoms with Crippen LogP contribution in [0.15, 0.2) is 77.9 Å². The van der Waals surface area contributed by atoms with Crippen LogP contribution in [-0.2, 0) is 0 Å². The monoisotopic (exact) mass is 286 g/mol. The van der Waals surface area contributed by atoms with Crippen LogP contribution in [0.4, 0.5) is 5.69 Å². The van der Waals surface area contributed by atoms with Gasteiger partial charge in [0.15, 0.2) is 0 Å². The molecule has 0 amide bonds. The average molecular weight is 286 g/mol. The van der Waals surface area contributed by atoms with Gasteiger partial charge in [-0.1, -0.05) is 42.5 Å². The molecule has 3 rings (SSSR count). The molecule has 2 heteroatoms. The van der Waals surface area contributed by atoms with Crippen molar-refractivity contribution in [3.63, 3.8) is 0 Å². The van der Waals surface area contributed by atoms with Gasteiger partial charge >= 0.3 is 0 Å². The quantitative estimate of drug-likeness (QED) is 0.631. The summed E-state index contributed by atoms with van der Waals surface area (Å²) in [7, 11) is 0. The molecule has 0 aliphatic rings. The first-order chi connectivity index (χ1) is 10.7. The van der Waals surface area contributed by atoms with Crippen LogP contribution in [0.3, 0.4) is 0 Å². The minimum Gasteiger partial charge on any atom is -0.255 e. The number of benzene rings is 2. The van der Waals surface area contributed by atoms with E-state index in [2.05, 4.69) is 43.1 Å². The van der Waals surface area contributed by atoms with Crippen molar-refractivity contribution < 1.29 is 0 Å². The molecule has 0 unspecified atom stereocenters. The number of hydrogen-bond donors (Lipinski definition) is 0. The highest BCUT2D eigenvalue weighted by Crippen LogP contribution is 2.20. The molecule has 1 heterocycles. The van der Waals surface area contributed by atoms with Crippen molar-refractivity contribution >= 4 is 11.4 Å². The lowest BCUT2D eigenvalue weighted by atomic mass is 10.1. The van der Waals surface area contributed by atoms with Gasteiger partial charge in [0.2, 0.25) is 0 Å². The van der Waals surface area contributed by atoms with Crippen molar-refractivity contribution in [1.82, 2.24) is 4.98 Å². The highest BCUT2D eigenvalue weighted by molar-refractivity contribution is 6.12. The van der Waals surface area contributed by atoms with Gasteiger partial charge in [0.05, 0.1) is 17.1 Å². The molecule has 3 aromatic rings. The van der Waals surface area contributed by atoms with Gasteiger partial charge in [0.1, 0.15) is 0 Å². The summed E-state index contributed by atoms with van der Waals surface area (Å²) in [5.74, 6) is 0. The molecule has 0 N–H and O–H groups in total. The van der Waals surface area contributed by atoms with E-state index in [1.165, 1.54) is 11.1 Å². The SMILES string of the molecule is Cc1ccc(N=C(c2ccccc2)c2ccccn2)cc1C. The molecule has 0 saturated carbocycles. The number of pyridine rings is 1. The predicted octanol–water partition coefficient (Wildman–Crippen LogP) is 4.87. The first kappa shape index (κ1) is 14.2. The Morgan fingerprint density at radius 3 is 2.27 bits per heavy atom. The van der Waals surface area contributed by atoms with Crippen LogP contribution < -0.4 is 0 Å². The lowest BCUT2D eigenvalue weighted by Crippen LogP contribution is -2.05. The summed E-state index contributed by atoms with van der Waals surface area (Å²) in [4.78, 5) is 9.32. The zero-order valence-electron chi connectivity index (χ0n) is 12.8. The van der Waals surface area contributed by atoms with Crippen molar-refractivity contribution in [2.75, 3.05) is 0 Å². The van der Waals surface area contributed by atoms with E-state index in [0.29, 0.717) is 0 Å². The summed E-state index contributed by atoms with van der Waals surface area (Å²) < 4.78 is 0. The Labute approximate surface area is 131 Å². The summed E-state index contributed by atoms with van der Waals surface area (Å²) in [5, 5.41) is 0. The zero-order chi connectivity index (χ0) is 15.4. The highest BCUT2D eigenvalue weighted by atomic mass is 14.8. The Balaban J connectivity index is 2.13. The third kappa shape index (κ3) is 3.12. The molecule has 0 radical (unpaired) electrons. The molecule has 2 aromatic carbocycles. The van der Waals surface area contributed by atoms with Gasteiger partial charge in [0.25, 0.3) is 0 Å². The Morgan fingerprint density at radius 2 is 1.59 bits per heavy atom. The van der Waals surface area contributed by atoms with Gasteiger partial charge in [0, 0.05) is 11.8 Å². The molecule has 2 nitrogen and oxygen atoms in total. The van der Waals surface area contributed by atoms with Gasteiger partial charge in [-0.15, -0.1) is 0 Å². The van der Waals surface area contributed by atoms with E-state index in [1.807, 2.05) is 42.5 Å². The summed E-state index contributed by atoms with van der Waals surface area (Å²) in [6.07, 6.45) is 1.80. The predicted molar refractivity (Wildman–Crippen MR) is 91.9 cm³/mol. The summed E-state index contributed by atoms with van der Waals surface area (Å²) in [5.41, 5.74) is 6.32. The van der Waals surface area contributed by atoms with E-state index >= 15 is 0 Å². The smallest absolute Gasteiger partial charge is 0.0965 e. The van der Waals surface area contributed by atoms with E-state index in [1.54, 1.807) is 6.20 Å². The average Bonchev–Trinajstić information content (AvgIpc) is 2.57. The van der Waals surface area contributed by atoms with Crippen molar-refractivity contribution in [2.24, 2.45) is 4.99 Å². The van der Waals surface area contributed by atoms with Crippen LogP contribution in [0.1, 0.15) is 22.4 Å². The lowest BCUT2D eigenvalue weighted by molar-refractivity contribution is 1.27. The first-order valence-corrected chi connectivity index (χ1v) is 7.37. The molecule has 108 valence electrons. The molecule has 22 heavy (non-hydrogen) atoms. The second kappa shape index (κ2) is 6.35. The molecule has 0 saturated heterocycles. The Morgan fingerprint density at radius 1 is 0.818 bits per heavy atom. The third-order valence-electron chi connectivity index (χ3n) is 3.69. The fraction of sp³-hybridized carbons (Fsp3) is 0.100. The number of nitrogens with zero attached hydrogens (tertiary/aromatic N) is 2. The minimum absolute atomic E-state index is 0.881. The largest absolute Gasteiger partial charge is 0.255 e. The van der Waals surface area contributed by atoms with Crippen LogP contribution in [0.25, 0.3) is 0 Å². The van der Waals surface area contributed by atoms with Crippen molar-refractivity contribution in [2.45, 2.75) is 13.8 Å². The van der Waals surface area contributed by atoms with Crippen LogP contribution in [0.5, 0.6) is 0 Å². The fourth-order valence-electron chi connectivity index (χ4n) is 2.29. The first-order valence-electron chi connectivity index (χ1n) is 7.37. The van der Waals surface area contributed by atoms with Gasteiger partial charge in [-0.3, -0.25) is 4.98 Å². The molecule has 0 aliphatic heterocycles. The Hall–Kier alpha value is -2.74. The van der Waals surface area contributed by atoms with E-state index in [-0.39, 0.29) is 0 Å². The number of aliphatic imine (C=N–C) groups is 1. The van der Waals surface area contributed by atoms with Gasteiger partial charge in [-0.2, -0.15) is 0 Å². The highest BCUT2D eigenvalue weighted by Gasteiger charge is 2.08. The maximum absolute atomic E-state index is 4.86. The normalized spacial score (nSPS) is 11.5. The Kier molecular flexibility index (Phi) is 4.10. The number of aryl methyl sites for hydroxylation is 2. The topological polar surface area (TPSA) is 25.2 Å². The second-order valence-electron chi connectivity index (χ2n) is 5.31. The molecular weight excluding hydrogens is 268 g/mol. The number of hydrogen-bond acceptors (Lipinski definition) is 2. The van der Waals surface area contributed by atoms with E-state index in [9.17, 15) is 0 Å². The zero-order valence-corrected chi connectivity index (χ0v) is 12.8. The van der Waals surface area contributed by atoms with Crippen LogP contribution >= 0.6 is 0 Å². The van der Waals surface area contributed by atoms with Crippen molar-refractivity contribution in [3.05, 3.63) is 95.3 Å². The molecule has 0 aliphatic carbocycles.